The van der Waals surface area contributed by atoms with E-state index in [0.717, 1.165) is 8.96 Å². The van der Waals surface area contributed by atoms with Gasteiger partial charge in [0.1, 0.15) is 0 Å². The van der Waals surface area contributed by atoms with Crippen LogP contribution in [0.4, 0.5) is 0 Å². The van der Waals surface area contributed by atoms with Gasteiger partial charge in [-0.3, -0.25) is 0 Å². The summed E-state index contributed by atoms with van der Waals surface area (Å²) in [7, 11) is 0. The third-order valence-electron chi connectivity index (χ3n) is 2.81. The number of allylic oxidation sites excluding steroid dienone is 6. The highest BCUT2D eigenvalue weighted by Gasteiger charge is 2.43. The molecule has 4 atom stereocenters. The summed E-state index contributed by atoms with van der Waals surface area (Å²) in [6, 6.07) is 0. The summed E-state index contributed by atoms with van der Waals surface area (Å²) in [6.07, 6.45) is 2.24. The molecule has 2 aliphatic rings. The Kier molecular flexibility index (Phi) is 5.76. The lowest BCUT2D eigenvalue weighted by molar-refractivity contribution is 0.505. The van der Waals surface area contributed by atoms with E-state index in [9.17, 15) is 0 Å². The smallest absolute Gasteiger partial charge is 0.0589 e. The minimum Gasteiger partial charge on any atom is -0.0867 e. The Morgan fingerprint density at radius 1 is 0.824 bits per heavy atom. The van der Waals surface area contributed by atoms with Crippen molar-refractivity contribution in [3.8, 4) is 0 Å². The van der Waals surface area contributed by atoms with Gasteiger partial charge in [0.25, 0.3) is 0 Å². The van der Waals surface area contributed by atoms with Crippen LogP contribution in [0.3, 0.4) is 0 Å². The van der Waals surface area contributed by atoms with Crippen LogP contribution >= 0.6 is 112 Å². The lowest BCUT2D eigenvalue weighted by atomic mass is 9.81. The van der Waals surface area contributed by atoms with E-state index in [1.807, 2.05) is 0 Å². The highest BCUT2D eigenvalue weighted by atomic mass is 79.9. The molecular weight excluding hydrogens is 679 g/mol. The Morgan fingerprint density at radius 2 is 1.35 bits per heavy atom. The van der Waals surface area contributed by atoms with Crippen LogP contribution in [-0.2, 0) is 0 Å². The zero-order valence-corrected chi connectivity index (χ0v) is 19.1. The molecule has 0 bridgehead atoms. The zero-order chi connectivity index (χ0) is 12.9. The van der Waals surface area contributed by atoms with Gasteiger partial charge >= 0.3 is 0 Å². The maximum atomic E-state index is 3.79. The number of hydrogen-bond acceptors (Lipinski definition) is 0. The van der Waals surface area contributed by atoms with Gasteiger partial charge in [0, 0.05) is 39.1 Å². The molecule has 0 saturated heterocycles. The fourth-order valence-electron chi connectivity index (χ4n) is 1.93. The summed E-state index contributed by atoms with van der Waals surface area (Å²) in [5.74, 6) is 0.693. The van der Waals surface area contributed by atoms with Crippen LogP contribution in [0, 0.1) is 11.8 Å². The molecule has 0 aromatic carbocycles. The largest absolute Gasteiger partial charge is 0.0867 e. The maximum absolute atomic E-state index is 3.79. The van der Waals surface area contributed by atoms with E-state index >= 15 is 0 Å². The topological polar surface area (TPSA) is 0 Å². The Labute approximate surface area is 159 Å². The van der Waals surface area contributed by atoms with Crippen LogP contribution in [0.15, 0.2) is 28.5 Å². The summed E-state index contributed by atoms with van der Waals surface area (Å²) in [6.45, 7) is 0. The third kappa shape index (κ3) is 2.82. The second-order valence-electron chi connectivity index (χ2n) is 3.77. The molecule has 2 rings (SSSR count). The second-order valence-corrected chi connectivity index (χ2v) is 10.0. The third-order valence-corrected chi connectivity index (χ3v) is 12.1. The molecule has 4 unspecified atom stereocenters. The molecule has 0 aromatic rings. The van der Waals surface area contributed by atoms with Crippen molar-refractivity contribution in [2.24, 2.45) is 11.8 Å². The highest BCUT2D eigenvalue weighted by Crippen LogP contribution is 2.55. The first-order valence-corrected chi connectivity index (χ1v) is 10.4. The minimum absolute atomic E-state index is 0.286. The molecule has 0 N–H and O–H groups in total. The van der Waals surface area contributed by atoms with E-state index in [-0.39, 0.29) is 4.83 Å². The molecule has 0 amide bonds. The minimum atomic E-state index is 0.286. The summed E-state index contributed by atoms with van der Waals surface area (Å²) in [4.78, 5) is 0.607. The Balaban J connectivity index is 2.57. The molecular formula is C10H5Br7. The van der Waals surface area contributed by atoms with E-state index in [2.05, 4.69) is 118 Å². The monoisotopic (exact) mass is 677 g/mol. The van der Waals surface area contributed by atoms with Crippen molar-refractivity contribution in [1.82, 2.24) is 0 Å². The molecule has 17 heavy (non-hydrogen) atoms. The molecule has 0 saturated carbocycles. The lowest BCUT2D eigenvalue weighted by Crippen LogP contribution is -2.36. The quantitative estimate of drug-likeness (QED) is 0.240. The van der Waals surface area contributed by atoms with Crippen molar-refractivity contribution >= 4 is 112 Å². The van der Waals surface area contributed by atoms with E-state index in [1.165, 1.54) is 13.4 Å². The van der Waals surface area contributed by atoms with Crippen LogP contribution in [-0.4, -0.2) is 9.65 Å². The molecule has 2 aliphatic carbocycles. The highest BCUT2D eigenvalue weighted by molar-refractivity contribution is 9.17. The predicted octanol–water partition coefficient (Wildman–Crippen LogP) is 7.05. The summed E-state index contributed by atoms with van der Waals surface area (Å²) < 4.78 is 5.66. The molecule has 0 heterocycles. The van der Waals surface area contributed by atoms with Gasteiger partial charge in [-0.25, -0.2) is 0 Å². The van der Waals surface area contributed by atoms with E-state index in [4.69, 9.17) is 0 Å². The van der Waals surface area contributed by atoms with Crippen LogP contribution in [0.2, 0.25) is 0 Å². The first-order chi connectivity index (χ1) is 7.86. The van der Waals surface area contributed by atoms with Crippen molar-refractivity contribution in [3.63, 3.8) is 0 Å². The molecule has 7 heteroatoms. The normalized spacial score (nSPS) is 38.2. The van der Waals surface area contributed by atoms with Gasteiger partial charge in [0.05, 0.1) is 4.83 Å². The predicted molar refractivity (Wildman–Crippen MR) is 99.2 cm³/mol. The van der Waals surface area contributed by atoms with Crippen LogP contribution in [0.5, 0.6) is 0 Å². The van der Waals surface area contributed by atoms with Crippen LogP contribution in [0.1, 0.15) is 0 Å². The number of hydrogen-bond donors (Lipinski definition) is 0. The van der Waals surface area contributed by atoms with Crippen molar-refractivity contribution in [2.45, 2.75) is 9.65 Å². The van der Waals surface area contributed by atoms with Gasteiger partial charge in [-0.05, 0) is 31.9 Å². The van der Waals surface area contributed by atoms with E-state index in [1.54, 1.807) is 0 Å². The van der Waals surface area contributed by atoms with E-state index in [0.29, 0.717) is 16.7 Å². The average Bonchev–Trinajstić information content (AvgIpc) is 2.30. The fourth-order valence-corrected chi connectivity index (χ4v) is 7.44. The second kappa shape index (κ2) is 6.14. The Bertz CT molecular complexity index is 448. The summed E-state index contributed by atoms with van der Waals surface area (Å²) >= 11 is 25.7. The first kappa shape index (κ1) is 16.0. The fraction of sp³-hybridized carbons (Fsp3) is 0.400. The zero-order valence-electron chi connectivity index (χ0n) is 8.03. The van der Waals surface area contributed by atoms with Crippen molar-refractivity contribution in [3.05, 3.63) is 28.5 Å². The van der Waals surface area contributed by atoms with Gasteiger partial charge in [0.2, 0.25) is 0 Å². The lowest BCUT2D eigenvalue weighted by Gasteiger charge is -2.39. The molecule has 0 radical (unpaired) electrons. The number of rotatable bonds is 0. The standard InChI is InChI=1S/C10H5Br7/c11-3-1-2-4(7(14)6(3)13)8(15)10(17)9(16)5(2)12/h1-2,4,6-7H. The molecule has 94 valence electrons. The van der Waals surface area contributed by atoms with Crippen molar-refractivity contribution in [1.29, 1.82) is 0 Å². The van der Waals surface area contributed by atoms with Crippen LogP contribution in [0.25, 0.3) is 0 Å². The van der Waals surface area contributed by atoms with Gasteiger partial charge in [0.15, 0.2) is 0 Å². The number of alkyl halides is 2. The Hall–Kier alpha value is 2.58. The Morgan fingerprint density at radius 3 is 1.94 bits per heavy atom. The van der Waals surface area contributed by atoms with Gasteiger partial charge < -0.3 is 0 Å². The molecule has 0 fully saturated rings. The van der Waals surface area contributed by atoms with Crippen molar-refractivity contribution in [2.75, 3.05) is 0 Å². The van der Waals surface area contributed by atoms with Gasteiger partial charge in [-0.15, -0.1) is 0 Å². The molecule has 0 nitrogen and oxygen atoms in total. The van der Waals surface area contributed by atoms with Gasteiger partial charge in [-0.1, -0.05) is 85.7 Å². The molecule has 0 aliphatic heterocycles. The SMILES string of the molecule is BrC1=CC2C(Br)=C(Br)C(Br)=C(Br)C2C(Br)C1Br. The molecule has 0 aromatic heterocycles. The summed E-state index contributed by atoms with van der Waals surface area (Å²) in [5, 5.41) is 0. The van der Waals surface area contributed by atoms with E-state index < -0.39 is 0 Å². The summed E-state index contributed by atoms with van der Waals surface area (Å²) in [5.41, 5.74) is 0. The number of halogens is 7. The average molecular weight is 684 g/mol. The first-order valence-electron chi connectivity index (χ1n) is 4.62. The van der Waals surface area contributed by atoms with Gasteiger partial charge in [-0.2, -0.15) is 0 Å². The number of fused-ring (bicyclic) bond motifs is 1. The van der Waals surface area contributed by atoms with Crippen LogP contribution < -0.4 is 0 Å². The molecule has 0 spiro atoms. The van der Waals surface area contributed by atoms with Crippen molar-refractivity contribution < 1.29 is 0 Å². The maximum Gasteiger partial charge on any atom is 0.0589 e.